The first kappa shape index (κ1) is 24.4. The molecule has 0 saturated heterocycles. The van der Waals surface area contributed by atoms with Gasteiger partial charge in [-0.05, 0) is 19.8 Å². The van der Waals surface area contributed by atoms with Crippen molar-refractivity contribution in [2.24, 2.45) is 11.8 Å². The van der Waals surface area contributed by atoms with E-state index in [2.05, 4.69) is 10.6 Å². The van der Waals surface area contributed by atoms with Crippen molar-refractivity contribution < 1.29 is 19.2 Å². The van der Waals surface area contributed by atoms with Crippen molar-refractivity contribution >= 4 is 23.3 Å². The van der Waals surface area contributed by atoms with Crippen LogP contribution in [0.3, 0.4) is 0 Å². The zero-order chi connectivity index (χ0) is 20.4. The first-order chi connectivity index (χ1) is 12.0. The molecule has 150 valence electrons. The maximum Gasteiger partial charge on any atom is 0.220 e. The Labute approximate surface area is 157 Å². The Balaban J connectivity index is 4.67. The second-order valence-corrected chi connectivity index (χ2v) is 7.86. The predicted octanol–water partition coefficient (Wildman–Crippen LogP) is 2.44. The molecular weight excluding hydrogens is 332 g/mol. The molecule has 6 heteroatoms. The molecule has 0 heterocycles. The summed E-state index contributed by atoms with van der Waals surface area (Å²) in [6, 6.07) is -0.890. The highest BCUT2D eigenvalue weighted by molar-refractivity contribution is 5.89. The van der Waals surface area contributed by atoms with Crippen LogP contribution in [0, 0.1) is 11.8 Å². The highest BCUT2D eigenvalue weighted by atomic mass is 16.2. The Kier molecular flexibility index (Phi) is 11.2. The lowest BCUT2D eigenvalue weighted by Crippen LogP contribution is -2.44. The van der Waals surface area contributed by atoms with Crippen molar-refractivity contribution in [3.05, 3.63) is 0 Å². The van der Waals surface area contributed by atoms with E-state index in [9.17, 15) is 19.2 Å². The molecule has 0 aromatic rings. The van der Waals surface area contributed by atoms with Gasteiger partial charge in [-0.15, -0.1) is 0 Å². The zero-order valence-electron chi connectivity index (χ0n) is 17.3. The molecule has 2 unspecified atom stereocenters. The molecule has 0 aliphatic rings. The van der Waals surface area contributed by atoms with Gasteiger partial charge in [-0.2, -0.15) is 0 Å². The molecule has 2 atom stereocenters. The van der Waals surface area contributed by atoms with E-state index in [-0.39, 0.29) is 60.0 Å². The molecule has 0 spiro atoms. The van der Waals surface area contributed by atoms with Crippen LogP contribution in [0.25, 0.3) is 0 Å². The molecule has 1 amide bonds. The molecule has 0 aliphatic heterocycles. The van der Waals surface area contributed by atoms with Crippen molar-refractivity contribution in [1.29, 1.82) is 0 Å². The van der Waals surface area contributed by atoms with E-state index in [1.807, 2.05) is 41.5 Å². The SMILES string of the molecule is CC(=O)C(CCC(=O)C(C)C)NC(=O)CCC(NC(C)C)C(=O)C(C)C. The quantitative estimate of drug-likeness (QED) is 0.521. The second-order valence-electron chi connectivity index (χ2n) is 7.86. The van der Waals surface area contributed by atoms with Crippen LogP contribution in [-0.2, 0) is 19.2 Å². The maximum atomic E-state index is 12.3. The summed E-state index contributed by atoms with van der Waals surface area (Å²) in [6.07, 6.45) is 1.13. The van der Waals surface area contributed by atoms with E-state index in [1.54, 1.807) is 0 Å². The van der Waals surface area contributed by atoms with Crippen molar-refractivity contribution in [1.82, 2.24) is 10.6 Å². The Hall–Kier alpha value is -1.56. The molecule has 0 radical (unpaired) electrons. The minimum absolute atomic E-state index is 0.0780. The number of rotatable bonds is 13. The number of carbonyl (C=O) groups is 4. The molecule has 0 saturated carbocycles. The van der Waals surface area contributed by atoms with Crippen LogP contribution in [0.5, 0.6) is 0 Å². The van der Waals surface area contributed by atoms with Gasteiger partial charge in [-0.25, -0.2) is 0 Å². The lowest BCUT2D eigenvalue weighted by Gasteiger charge is -2.22. The fraction of sp³-hybridized carbons (Fsp3) is 0.800. The van der Waals surface area contributed by atoms with Gasteiger partial charge in [0, 0.05) is 30.7 Å². The molecule has 0 bridgehead atoms. The second kappa shape index (κ2) is 11.9. The van der Waals surface area contributed by atoms with Gasteiger partial charge in [0.25, 0.3) is 0 Å². The van der Waals surface area contributed by atoms with Crippen LogP contribution in [0.15, 0.2) is 0 Å². The Morgan fingerprint density at radius 2 is 1.31 bits per heavy atom. The van der Waals surface area contributed by atoms with Gasteiger partial charge in [0.2, 0.25) is 5.91 Å². The predicted molar refractivity (Wildman–Crippen MR) is 103 cm³/mol. The third kappa shape index (κ3) is 9.80. The molecule has 6 nitrogen and oxygen atoms in total. The van der Waals surface area contributed by atoms with Crippen LogP contribution in [-0.4, -0.2) is 41.4 Å². The molecule has 2 N–H and O–H groups in total. The number of Topliss-reactive ketones (excluding diaryl/α,β-unsaturated/α-hetero) is 3. The molecule has 0 aliphatic carbocycles. The van der Waals surface area contributed by atoms with Crippen LogP contribution in [0.4, 0.5) is 0 Å². The van der Waals surface area contributed by atoms with Crippen LogP contribution in [0.2, 0.25) is 0 Å². The lowest BCUT2D eigenvalue weighted by molar-refractivity contribution is -0.129. The summed E-state index contributed by atoms with van der Waals surface area (Å²) in [4.78, 5) is 48.0. The maximum absolute atomic E-state index is 12.3. The van der Waals surface area contributed by atoms with Crippen LogP contribution >= 0.6 is 0 Å². The minimum Gasteiger partial charge on any atom is -0.346 e. The monoisotopic (exact) mass is 368 g/mol. The average molecular weight is 369 g/mol. The third-order valence-electron chi connectivity index (χ3n) is 4.26. The number of hydrogen-bond donors (Lipinski definition) is 2. The van der Waals surface area contributed by atoms with Crippen molar-refractivity contribution in [3.8, 4) is 0 Å². The number of nitrogens with one attached hydrogen (secondary N) is 2. The van der Waals surface area contributed by atoms with Crippen LogP contribution in [0.1, 0.15) is 74.1 Å². The molecule has 0 aromatic carbocycles. The molecule has 0 rings (SSSR count). The fourth-order valence-electron chi connectivity index (χ4n) is 2.61. The van der Waals surface area contributed by atoms with E-state index < -0.39 is 6.04 Å². The average Bonchev–Trinajstić information content (AvgIpc) is 2.53. The van der Waals surface area contributed by atoms with Gasteiger partial charge < -0.3 is 10.6 Å². The minimum atomic E-state index is -0.650. The van der Waals surface area contributed by atoms with Gasteiger partial charge in [0.15, 0.2) is 11.6 Å². The fourth-order valence-corrected chi connectivity index (χ4v) is 2.61. The highest BCUT2D eigenvalue weighted by Gasteiger charge is 2.24. The smallest absolute Gasteiger partial charge is 0.220 e. The van der Waals surface area contributed by atoms with E-state index in [1.165, 1.54) is 6.92 Å². The number of hydrogen-bond acceptors (Lipinski definition) is 5. The lowest BCUT2D eigenvalue weighted by atomic mass is 9.96. The molecule has 26 heavy (non-hydrogen) atoms. The summed E-state index contributed by atoms with van der Waals surface area (Å²) in [5.74, 6) is -0.463. The summed E-state index contributed by atoms with van der Waals surface area (Å²) in [6.45, 7) is 12.6. The number of amides is 1. The topological polar surface area (TPSA) is 92.3 Å². The Morgan fingerprint density at radius 1 is 0.769 bits per heavy atom. The summed E-state index contributed by atoms with van der Waals surface area (Å²) in [7, 11) is 0. The van der Waals surface area contributed by atoms with Crippen molar-refractivity contribution in [2.75, 3.05) is 0 Å². The van der Waals surface area contributed by atoms with Gasteiger partial charge in [0.05, 0.1) is 12.1 Å². The first-order valence-corrected chi connectivity index (χ1v) is 9.57. The Bertz CT molecular complexity index is 498. The Morgan fingerprint density at radius 3 is 1.73 bits per heavy atom. The van der Waals surface area contributed by atoms with Crippen molar-refractivity contribution in [2.45, 2.75) is 92.3 Å². The highest BCUT2D eigenvalue weighted by Crippen LogP contribution is 2.09. The standard InChI is InChI=1S/C20H36N2O4/c1-12(2)18(24)10-8-16(15(7)23)22-19(25)11-9-17(21-14(5)6)20(26)13(3)4/h12-14,16-17,21H,8-11H2,1-7H3,(H,22,25). The van der Waals surface area contributed by atoms with E-state index in [0.29, 0.717) is 12.8 Å². The summed E-state index contributed by atoms with van der Waals surface area (Å²) >= 11 is 0. The number of carbonyl (C=O) groups excluding carboxylic acids is 4. The molecular formula is C20H36N2O4. The van der Waals surface area contributed by atoms with E-state index >= 15 is 0 Å². The van der Waals surface area contributed by atoms with Crippen molar-refractivity contribution in [3.63, 3.8) is 0 Å². The summed E-state index contributed by atoms with van der Waals surface area (Å²) in [5, 5.41) is 5.91. The normalized spacial score (nSPS) is 13.8. The number of ketones is 3. The third-order valence-corrected chi connectivity index (χ3v) is 4.26. The molecule has 0 fully saturated rings. The zero-order valence-corrected chi connectivity index (χ0v) is 17.3. The summed E-state index contributed by atoms with van der Waals surface area (Å²) < 4.78 is 0. The van der Waals surface area contributed by atoms with Gasteiger partial charge >= 0.3 is 0 Å². The van der Waals surface area contributed by atoms with Gasteiger partial charge in [-0.1, -0.05) is 41.5 Å². The van der Waals surface area contributed by atoms with Crippen LogP contribution < -0.4 is 10.6 Å². The van der Waals surface area contributed by atoms with E-state index in [4.69, 9.17) is 0 Å². The van der Waals surface area contributed by atoms with Gasteiger partial charge in [0.1, 0.15) is 5.78 Å². The summed E-state index contributed by atoms with van der Waals surface area (Å²) in [5.41, 5.74) is 0. The first-order valence-electron chi connectivity index (χ1n) is 9.57. The van der Waals surface area contributed by atoms with Gasteiger partial charge in [-0.3, -0.25) is 19.2 Å². The largest absolute Gasteiger partial charge is 0.346 e. The van der Waals surface area contributed by atoms with E-state index in [0.717, 1.165) is 0 Å². The molecule has 0 aromatic heterocycles.